The molecule has 1 atom stereocenters. The van der Waals surface area contributed by atoms with Gasteiger partial charge < -0.3 is 14.4 Å². The van der Waals surface area contributed by atoms with Gasteiger partial charge in [0, 0.05) is 13.1 Å². The normalized spacial score (nSPS) is 16.2. The van der Waals surface area contributed by atoms with E-state index in [0.717, 1.165) is 11.3 Å². The topological polar surface area (TPSA) is 81.6 Å². The van der Waals surface area contributed by atoms with Crippen molar-refractivity contribution in [2.45, 2.75) is 25.0 Å². The fraction of sp³-hybridized carbons (Fsp3) is 0.400. The lowest BCUT2D eigenvalue weighted by atomic mass is 9.97. The molecule has 2 heterocycles. The van der Waals surface area contributed by atoms with Gasteiger partial charge in [0.15, 0.2) is 10.9 Å². The summed E-state index contributed by atoms with van der Waals surface area (Å²) in [6.45, 7) is 2.88. The highest BCUT2D eigenvalue weighted by atomic mass is 35.5. The largest absolute Gasteiger partial charge is 0.497 e. The van der Waals surface area contributed by atoms with Crippen molar-refractivity contribution >= 4 is 40.9 Å². The van der Waals surface area contributed by atoms with Gasteiger partial charge in [-0.25, -0.2) is 9.97 Å². The zero-order valence-electron chi connectivity index (χ0n) is 16.5. The molecule has 0 N–H and O–H groups in total. The summed E-state index contributed by atoms with van der Waals surface area (Å²) < 4.78 is 10.3. The lowest BCUT2D eigenvalue weighted by Crippen LogP contribution is -2.28. The third-order valence-electron chi connectivity index (χ3n) is 4.66. The summed E-state index contributed by atoms with van der Waals surface area (Å²) in [5.41, 5.74) is 1.19. The van der Waals surface area contributed by atoms with Gasteiger partial charge in [-0.3, -0.25) is 9.59 Å². The fourth-order valence-corrected chi connectivity index (χ4v) is 3.87. The molecule has 9 heteroatoms. The number of rotatable bonds is 6. The number of esters is 1. The molecule has 29 heavy (non-hydrogen) atoms. The highest BCUT2D eigenvalue weighted by Crippen LogP contribution is 2.34. The summed E-state index contributed by atoms with van der Waals surface area (Å²) in [6, 6.07) is 7.65. The van der Waals surface area contributed by atoms with Crippen molar-refractivity contribution in [2.24, 2.45) is 5.92 Å². The minimum absolute atomic E-state index is 0.0558. The molecule has 0 bridgehead atoms. The highest BCUT2D eigenvalue weighted by molar-refractivity contribution is 7.98. The van der Waals surface area contributed by atoms with Gasteiger partial charge >= 0.3 is 5.97 Å². The van der Waals surface area contributed by atoms with Crippen LogP contribution >= 0.6 is 23.4 Å². The standard InChI is InChI=1S/C20H22ClN3O4S/c1-4-28-19(26)14-9-10-24(11-12-5-7-13(27-2)8-6-12)18-15(16(14)25)17(21)22-20(23-18)29-3/h5-8,14H,4,9-11H2,1-3H3. The second-order valence-corrected chi connectivity index (χ2v) is 7.56. The summed E-state index contributed by atoms with van der Waals surface area (Å²) in [6.07, 6.45) is 2.15. The number of benzene rings is 1. The first-order valence-corrected chi connectivity index (χ1v) is 10.8. The van der Waals surface area contributed by atoms with Crippen LogP contribution in [0.1, 0.15) is 29.3 Å². The molecule has 1 aliphatic rings. The van der Waals surface area contributed by atoms with Gasteiger partial charge in [-0.05, 0) is 37.3 Å². The Morgan fingerprint density at radius 2 is 2.03 bits per heavy atom. The van der Waals surface area contributed by atoms with Crippen LogP contribution in [0.15, 0.2) is 29.4 Å². The van der Waals surface area contributed by atoms with Crippen LogP contribution in [0.5, 0.6) is 5.75 Å². The van der Waals surface area contributed by atoms with Gasteiger partial charge in [-0.1, -0.05) is 35.5 Å². The summed E-state index contributed by atoms with van der Waals surface area (Å²) >= 11 is 7.71. The van der Waals surface area contributed by atoms with Crippen molar-refractivity contribution in [2.75, 3.05) is 31.4 Å². The number of hydrogen-bond acceptors (Lipinski definition) is 8. The van der Waals surface area contributed by atoms with Crippen LogP contribution in [0.3, 0.4) is 0 Å². The second-order valence-electron chi connectivity index (χ2n) is 6.43. The number of aromatic nitrogens is 2. The second kappa shape index (κ2) is 9.45. The molecule has 1 aromatic heterocycles. The quantitative estimate of drug-likeness (QED) is 0.224. The Kier molecular flexibility index (Phi) is 6.97. The Labute approximate surface area is 178 Å². The molecule has 154 valence electrons. The maximum atomic E-state index is 13.1. The third kappa shape index (κ3) is 4.64. The molecular formula is C20H22ClN3O4S. The van der Waals surface area contributed by atoms with E-state index < -0.39 is 17.7 Å². The Hall–Kier alpha value is -2.32. The van der Waals surface area contributed by atoms with Crippen LogP contribution in [0.4, 0.5) is 5.82 Å². The van der Waals surface area contributed by atoms with Gasteiger partial charge in [-0.15, -0.1) is 0 Å². The Morgan fingerprint density at radius 3 is 2.66 bits per heavy atom. The number of nitrogens with zero attached hydrogens (tertiary/aromatic N) is 3. The van der Waals surface area contributed by atoms with E-state index in [2.05, 4.69) is 9.97 Å². The van der Waals surface area contributed by atoms with Crippen molar-refractivity contribution in [3.63, 3.8) is 0 Å². The van der Waals surface area contributed by atoms with E-state index in [1.807, 2.05) is 35.4 Å². The number of anilines is 1. The lowest BCUT2D eigenvalue weighted by molar-refractivity contribution is -0.146. The maximum Gasteiger partial charge on any atom is 0.316 e. The van der Waals surface area contributed by atoms with E-state index in [1.165, 1.54) is 11.8 Å². The smallest absolute Gasteiger partial charge is 0.316 e. The molecule has 0 spiro atoms. The monoisotopic (exact) mass is 435 g/mol. The lowest BCUT2D eigenvalue weighted by Gasteiger charge is -2.24. The van der Waals surface area contributed by atoms with E-state index >= 15 is 0 Å². The number of fused-ring (bicyclic) bond motifs is 1. The van der Waals surface area contributed by atoms with Crippen molar-refractivity contribution in [1.82, 2.24) is 9.97 Å². The number of Topliss-reactive ketones (excluding diaryl/α,β-unsaturated/α-hetero) is 1. The summed E-state index contributed by atoms with van der Waals surface area (Å²) in [5.74, 6) is -0.650. The molecule has 0 amide bonds. The first-order chi connectivity index (χ1) is 14.0. The van der Waals surface area contributed by atoms with Crippen LogP contribution in [-0.2, 0) is 16.1 Å². The first kappa shape index (κ1) is 21.4. The van der Waals surface area contributed by atoms with Crippen LogP contribution < -0.4 is 9.64 Å². The maximum absolute atomic E-state index is 13.1. The number of methoxy groups -OCH3 is 1. The molecular weight excluding hydrogens is 414 g/mol. The predicted octanol–water partition coefficient (Wildman–Crippen LogP) is 3.63. The molecule has 2 aromatic rings. The van der Waals surface area contributed by atoms with E-state index in [1.54, 1.807) is 14.0 Å². The minimum atomic E-state index is -0.921. The molecule has 0 radical (unpaired) electrons. The molecule has 0 saturated carbocycles. The molecule has 1 unspecified atom stereocenters. The summed E-state index contributed by atoms with van der Waals surface area (Å²) in [5, 5.41) is 0.524. The minimum Gasteiger partial charge on any atom is -0.497 e. The molecule has 0 aliphatic carbocycles. The van der Waals surface area contributed by atoms with Gasteiger partial charge in [-0.2, -0.15) is 0 Å². The number of thioether (sulfide) groups is 1. The summed E-state index contributed by atoms with van der Waals surface area (Å²) in [4.78, 5) is 36.2. The van der Waals surface area contributed by atoms with Gasteiger partial charge in [0.25, 0.3) is 0 Å². The Morgan fingerprint density at radius 1 is 1.31 bits per heavy atom. The number of carbonyl (C=O) groups excluding carboxylic acids is 2. The summed E-state index contributed by atoms with van der Waals surface area (Å²) in [7, 11) is 1.62. The SMILES string of the molecule is CCOC(=O)C1CCN(Cc2ccc(OC)cc2)c2nc(SC)nc(Cl)c2C1=O. The van der Waals surface area contributed by atoms with E-state index in [9.17, 15) is 9.59 Å². The van der Waals surface area contributed by atoms with Gasteiger partial charge in [0.1, 0.15) is 22.6 Å². The van der Waals surface area contributed by atoms with Crippen LogP contribution in [0.25, 0.3) is 0 Å². The zero-order valence-corrected chi connectivity index (χ0v) is 18.0. The molecule has 3 rings (SSSR count). The van der Waals surface area contributed by atoms with Crippen LogP contribution in [0, 0.1) is 5.92 Å². The van der Waals surface area contributed by atoms with Gasteiger partial charge in [0.05, 0.1) is 19.3 Å². The van der Waals surface area contributed by atoms with Crippen LogP contribution in [-0.4, -0.2) is 48.2 Å². The molecule has 7 nitrogen and oxygen atoms in total. The van der Waals surface area contributed by atoms with Crippen molar-refractivity contribution < 1.29 is 19.1 Å². The number of carbonyl (C=O) groups is 2. The molecule has 0 saturated heterocycles. The molecule has 1 aliphatic heterocycles. The average molecular weight is 436 g/mol. The fourth-order valence-electron chi connectivity index (χ4n) is 3.20. The number of ketones is 1. The van der Waals surface area contributed by atoms with Gasteiger partial charge in [0.2, 0.25) is 0 Å². The molecule has 1 aromatic carbocycles. The van der Waals surface area contributed by atoms with Crippen LogP contribution in [0.2, 0.25) is 5.15 Å². The Bertz CT molecular complexity index is 907. The number of ether oxygens (including phenoxy) is 2. The van der Waals surface area contributed by atoms with E-state index in [0.29, 0.717) is 30.5 Å². The Balaban J connectivity index is 2.01. The van der Waals surface area contributed by atoms with Crippen molar-refractivity contribution in [3.8, 4) is 5.75 Å². The molecule has 0 fully saturated rings. The van der Waals surface area contributed by atoms with E-state index in [-0.39, 0.29) is 17.3 Å². The number of hydrogen-bond donors (Lipinski definition) is 0. The van der Waals surface area contributed by atoms with Crippen molar-refractivity contribution in [3.05, 3.63) is 40.5 Å². The highest BCUT2D eigenvalue weighted by Gasteiger charge is 2.37. The zero-order chi connectivity index (χ0) is 21.0. The van der Waals surface area contributed by atoms with E-state index in [4.69, 9.17) is 21.1 Å². The third-order valence-corrected chi connectivity index (χ3v) is 5.48. The number of halogens is 1. The predicted molar refractivity (Wildman–Crippen MR) is 112 cm³/mol. The average Bonchev–Trinajstić information content (AvgIpc) is 2.86. The first-order valence-electron chi connectivity index (χ1n) is 9.18. The van der Waals surface area contributed by atoms with Crippen molar-refractivity contribution in [1.29, 1.82) is 0 Å².